The minimum atomic E-state index is -0.237. The molecule has 0 aromatic carbocycles. The van der Waals surface area contributed by atoms with Crippen LogP contribution >= 0.6 is 24.8 Å². The summed E-state index contributed by atoms with van der Waals surface area (Å²) in [5.74, 6) is 0.215. The van der Waals surface area contributed by atoms with Crippen molar-refractivity contribution in [2.45, 2.75) is 12.3 Å². The number of nitrogens with one attached hydrogen (secondary N) is 1. The van der Waals surface area contributed by atoms with Crippen molar-refractivity contribution in [1.82, 2.24) is 10.3 Å². The molecule has 1 aromatic rings. The van der Waals surface area contributed by atoms with Gasteiger partial charge in [0.2, 0.25) is 0 Å². The van der Waals surface area contributed by atoms with Gasteiger partial charge in [0.05, 0.1) is 6.20 Å². The van der Waals surface area contributed by atoms with Gasteiger partial charge in [0, 0.05) is 12.7 Å². The second-order valence-corrected chi connectivity index (χ2v) is 3.13. The molecule has 1 aromatic heterocycles. The maximum atomic E-state index is 12.7. The lowest BCUT2D eigenvalue weighted by Gasteiger charge is -2.06. The zero-order valence-electron chi connectivity index (χ0n) is 7.57. The van der Waals surface area contributed by atoms with Crippen LogP contribution in [0.4, 0.5) is 4.39 Å². The number of rotatable bonds is 1. The molecule has 1 fully saturated rings. The minimum absolute atomic E-state index is 0. The third-order valence-electron chi connectivity index (χ3n) is 2.26. The summed E-state index contributed by atoms with van der Waals surface area (Å²) >= 11 is 0. The Kier molecular flexibility index (Phi) is 6.00. The predicted molar refractivity (Wildman–Crippen MR) is 58.9 cm³/mol. The van der Waals surface area contributed by atoms with Crippen LogP contribution in [0.15, 0.2) is 18.5 Å². The van der Waals surface area contributed by atoms with Gasteiger partial charge in [-0.25, -0.2) is 4.39 Å². The van der Waals surface area contributed by atoms with E-state index in [0.29, 0.717) is 5.92 Å². The maximum Gasteiger partial charge on any atom is 0.141 e. The summed E-state index contributed by atoms with van der Waals surface area (Å²) in [4.78, 5) is 3.83. The Morgan fingerprint density at radius 2 is 2.14 bits per heavy atom. The van der Waals surface area contributed by atoms with Crippen molar-refractivity contribution in [2.24, 2.45) is 0 Å². The monoisotopic (exact) mass is 238 g/mol. The fraction of sp³-hybridized carbons (Fsp3) is 0.444. The van der Waals surface area contributed by atoms with Crippen LogP contribution in [0.25, 0.3) is 0 Å². The van der Waals surface area contributed by atoms with Crippen LogP contribution in [-0.2, 0) is 0 Å². The molecule has 2 heterocycles. The molecule has 1 unspecified atom stereocenters. The number of halogens is 3. The Morgan fingerprint density at radius 3 is 2.71 bits per heavy atom. The number of hydrogen-bond acceptors (Lipinski definition) is 2. The molecular weight excluding hydrogens is 226 g/mol. The van der Waals surface area contributed by atoms with Gasteiger partial charge in [-0.2, -0.15) is 0 Å². The van der Waals surface area contributed by atoms with Crippen LogP contribution in [-0.4, -0.2) is 18.1 Å². The van der Waals surface area contributed by atoms with E-state index in [2.05, 4.69) is 10.3 Å². The molecule has 1 atom stereocenters. The molecule has 0 bridgehead atoms. The van der Waals surface area contributed by atoms with Crippen LogP contribution < -0.4 is 5.32 Å². The zero-order valence-corrected chi connectivity index (χ0v) is 9.21. The lowest BCUT2D eigenvalue weighted by molar-refractivity contribution is 0.613. The molecule has 0 radical (unpaired) electrons. The lowest BCUT2D eigenvalue weighted by Crippen LogP contribution is -2.08. The summed E-state index contributed by atoms with van der Waals surface area (Å²) in [6.45, 7) is 1.98. The molecule has 0 amide bonds. The fourth-order valence-corrected chi connectivity index (χ4v) is 1.59. The average Bonchev–Trinajstić information content (AvgIpc) is 2.56. The van der Waals surface area contributed by atoms with E-state index in [1.807, 2.05) is 0 Å². The van der Waals surface area contributed by atoms with Gasteiger partial charge in [-0.3, -0.25) is 4.98 Å². The number of nitrogens with zero attached hydrogens (tertiary/aromatic N) is 1. The van der Waals surface area contributed by atoms with E-state index in [0.717, 1.165) is 25.1 Å². The molecule has 14 heavy (non-hydrogen) atoms. The minimum Gasteiger partial charge on any atom is -0.316 e. The molecule has 0 aliphatic carbocycles. The van der Waals surface area contributed by atoms with Crippen molar-refractivity contribution >= 4 is 24.8 Å². The molecule has 2 nitrogen and oxygen atoms in total. The summed E-state index contributed by atoms with van der Waals surface area (Å²) in [6, 6.07) is 1.57. The average molecular weight is 239 g/mol. The molecule has 80 valence electrons. The van der Waals surface area contributed by atoms with Gasteiger partial charge in [-0.15, -0.1) is 24.8 Å². The molecule has 0 saturated carbocycles. The van der Waals surface area contributed by atoms with Crippen LogP contribution in [0.3, 0.4) is 0 Å². The lowest BCUT2D eigenvalue weighted by atomic mass is 10.0. The van der Waals surface area contributed by atoms with Crippen molar-refractivity contribution in [3.05, 3.63) is 29.8 Å². The number of hydrogen-bond donors (Lipinski definition) is 1. The molecule has 1 N–H and O–H groups in total. The fourth-order valence-electron chi connectivity index (χ4n) is 1.59. The number of aromatic nitrogens is 1. The highest BCUT2D eigenvalue weighted by molar-refractivity contribution is 5.85. The Bertz CT molecular complexity index is 277. The summed E-state index contributed by atoms with van der Waals surface area (Å²) in [5, 5.41) is 3.24. The van der Waals surface area contributed by atoms with Crippen molar-refractivity contribution < 1.29 is 4.39 Å². The van der Waals surface area contributed by atoms with E-state index in [-0.39, 0.29) is 30.6 Å². The van der Waals surface area contributed by atoms with Gasteiger partial charge in [0.15, 0.2) is 0 Å². The Morgan fingerprint density at radius 1 is 1.36 bits per heavy atom. The van der Waals surface area contributed by atoms with Gasteiger partial charge in [-0.05, 0) is 30.5 Å². The van der Waals surface area contributed by atoms with Gasteiger partial charge < -0.3 is 5.32 Å². The van der Waals surface area contributed by atoms with Gasteiger partial charge in [0.25, 0.3) is 0 Å². The number of pyridine rings is 1. The first-order chi connectivity index (χ1) is 5.86. The van der Waals surface area contributed by atoms with Gasteiger partial charge in [0.1, 0.15) is 5.82 Å². The topological polar surface area (TPSA) is 24.9 Å². The molecule has 5 heteroatoms. The largest absolute Gasteiger partial charge is 0.316 e. The van der Waals surface area contributed by atoms with Crippen LogP contribution in [0.5, 0.6) is 0 Å². The third kappa shape index (κ3) is 3.08. The van der Waals surface area contributed by atoms with E-state index < -0.39 is 0 Å². The van der Waals surface area contributed by atoms with Crippen molar-refractivity contribution in [3.63, 3.8) is 0 Å². The first kappa shape index (κ1) is 13.6. The van der Waals surface area contributed by atoms with E-state index in [1.54, 1.807) is 12.3 Å². The van der Waals surface area contributed by atoms with Crippen molar-refractivity contribution in [2.75, 3.05) is 13.1 Å². The SMILES string of the molecule is Cl.Cl.Fc1cncc(C2CCNC2)c1. The Labute approximate surface area is 95.1 Å². The maximum absolute atomic E-state index is 12.7. The van der Waals surface area contributed by atoms with E-state index in [1.165, 1.54) is 6.20 Å². The molecule has 1 aliphatic rings. The van der Waals surface area contributed by atoms with Crippen molar-refractivity contribution in [3.8, 4) is 0 Å². The quantitative estimate of drug-likeness (QED) is 0.812. The summed E-state index contributed by atoms with van der Waals surface area (Å²) in [5.41, 5.74) is 1.01. The van der Waals surface area contributed by atoms with Gasteiger partial charge >= 0.3 is 0 Å². The Balaban J connectivity index is 0.000000845. The molecular formula is C9H13Cl2FN2. The smallest absolute Gasteiger partial charge is 0.141 e. The summed E-state index contributed by atoms with van der Waals surface area (Å²) < 4.78 is 12.7. The van der Waals surface area contributed by atoms with E-state index in [4.69, 9.17) is 0 Å². The normalized spacial score (nSPS) is 19.6. The predicted octanol–water partition coefficient (Wildman–Crippen LogP) is 2.14. The van der Waals surface area contributed by atoms with E-state index >= 15 is 0 Å². The van der Waals surface area contributed by atoms with Crippen LogP contribution in [0, 0.1) is 5.82 Å². The Hall–Kier alpha value is -0.380. The second-order valence-electron chi connectivity index (χ2n) is 3.13. The highest BCUT2D eigenvalue weighted by Gasteiger charge is 2.16. The van der Waals surface area contributed by atoms with E-state index in [9.17, 15) is 4.39 Å². The van der Waals surface area contributed by atoms with Gasteiger partial charge in [-0.1, -0.05) is 0 Å². The van der Waals surface area contributed by atoms with Crippen LogP contribution in [0.1, 0.15) is 17.9 Å². The molecule has 2 rings (SSSR count). The standard InChI is InChI=1S/C9H11FN2.2ClH/c10-9-3-8(5-12-6-9)7-1-2-11-4-7;;/h3,5-7,11H,1-2,4H2;2*1H. The second kappa shape index (κ2) is 6.17. The summed E-state index contributed by atoms with van der Waals surface area (Å²) in [7, 11) is 0. The summed E-state index contributed by atoms with van der Waals surface area (Å²) in [6.07, 6.45) is 4.08. The molecule has 1 aliphatic heterocycles. The zero-order chi connectivity index (χ0) is 8.39. The first-order valence-electron chi connectivity index (χ1n) is 4.17. The van der Waals surface area contributed by atoms with Crippen LogP contribution in [0.2, 0.25) is 0 Å². The third-order valence-corrected chi connectivity index (χ3v) is 2.26. The molecule has 1 saturated heterocycles. The highest BCUT2D eigenvalue weighted by Crippen LogP contribution is 2.21. The highest BCUT2D eigenvalue weighted by atomic mass is 35.5. The van der Waals surface area contributed by atoms with Crippen molar-refractivity contribution in [1.29, 1.82) is 0 Å². The first-order valence-corrected chi connectivity index (χ1v) is 4.17. The molecule has 0 spiro atoms.